The molecule has 0 aliphatic heterocycles. The standard InChI is InChI=1S/C13H12F3N3O3/c1-21-9-5-3-8(4-6-9)7-19-11(13(14,15)16)10(17-18-19)12(20)22-2/h3-6H,7H2,1-2H3. The summed E-state index contributed by atoms with van der Waals surface area (Å²) in [7, 11) is 2.46. The number of esters is 1. The maximum atomic E-state index is 13.1. The van der Waals surface area contributed by atoms with Gasteiger partial charge in [0.1, 0.15) is 5.75 Å². The average molecular weight is 315 g/mol. The van der Waals surface area contributed by atoms with Gasteiger partial charge < -0.3 is 9.47 Å². The van der Waals surface area contributed by atoms with Crippen LogP contribution in [0.4, 0.5) is 13.2 Å². The summed E-state index contributed by atoms with van der Waals surface area (Å²) in [5, 5.41) is 6.68. The van der Waals surface area contributed by atoms with Crippen LogP contribution in [-0.4, -0.2) is 35.2 Å². The van der Waals surface area contributed by atoms with Gasteiger partial charge in [-0.3, -0.25) is 0 Å². The third kappa shape index (κ3) is 3.18. The maximum Gasteiger partial charge on any atom is 0.435 e. The fourth-order valence-electron chi connectivity index (χ4n) is 1.84. The predicted octanol–water partition coefficient (Wildman–Crippen LogP) is 2.14. The number of nitrogens with zero attached hydrogens (tertiary/aromatic N) is 3. The van der Waals surface area contributed by atoms with Crippen molar-refractivity contribution in [1.82, 2.24) is 15.0 Å². The van der Waals surface area contributed by atoms with Crippen LogP contribution in [0.1, 0.15) is 21.7 Å². The van der Waals surface area contributed by atoms with Crippen molar-refractivity contribution < 1.29 is 27.4 Å². The second-order valence-corrected chi connectivity index (χ2v) is 4.28. The van der Waals surface area contributed by atoms with E-state index in [9.17, 15) is 18.0 Å². The highest BCUT2D eigenvalue weighted by Gasteiger charge is 2.41. The Hall–Kier alpha value is -2.58. The Morgan fingerprint density at radius 1 is 1.23 bits per heavy atom. The highest BCUT2D eigenvalue weighted by molar-refractivity contribution is 5.88. The Labute approximate surface area is 123 Å². The van der Waals surface area contributed by atoms with E-state index in [2.05, 4.69) is 15.0 Å². The Balaban J connectivity index is 2.38. The zero-order valence-corrected chi connectivity index (χ0v) is 11.7. The molecule has 0 spiro atoms. The van der Waals surface area contributed by atoms with Crippen molar-refractivity contribution in [2.24, 2.45) is 0 Å². The maximum absolute atomic E-state index is 13.1. The topological polar surface area (TPSA) is 66.2 Å². The van der Waals surface area contributed by atoms with Crippen LogP contribution in [-0.2, 0) is 17.5 Å². The average Bonchev–Trinajstić information content (AvgIpc) is 2.91. The van der Waals surface area contributed by atoms with Crippen LogP contribution in [0.5, 0.6) is 5.75 Å². The molecule has 1 aromatic heterocycles. The quantitative estimate of drug-likeness (QED) is 0.809. The fourth-order valence-corrected chi connectivity index (χ4v) is 1.84. The summed E-state index contributed by atoms with van der Waals surface area (Å²) >= 11 is 0. The van der Waals surface area contributed by atoms with E-state index in [1.165, 1.54) is 7.11 Å². The molecule has 0 N–H and O–H groups in total. The normalized spacial score (nSPS) is 11.3. The molecule has 0 amide bonds. The van der Waals surface area contributed by atoms with Gasteiger partial charge >= 0.3 is 12.1 Å². The summed E-state index contributed by atoms with van der Waals surface area (Å²) < 4.78 is 49.3. The lowest BCUT2D eigenvalue weighted by Crippen LogP contribution is -2.19. The molecule has 0 atom stereocenters. The van der Waals surface area contributed by atoms with Crippen LogP contribution >= 0.6 is 0 Å². The monoisotopic (exact) mass is 315 g/mol. The summed E-state index contributed by atoms with van der Waals surface area (Å²) in [6.07, 6.45) is -4.78. The van der Waals surface area contributed by atoms with Gasteiger partial charge in [0.25, 0.3) is 0 Å². The van der Waals surface area contributed by atoms with E-state index in [4.69, 9.17) is 4.74 Å². The lowest BCUT2D eigenvalue weighted by Gasteiger charge is -2.11. The highest BCUT2D eigenvalue weighted by Crippen LogP contribution is 2.31. The zero-order chi connectivity index (χ0) is 16.3. The second kappa shape index (κ2) is 6.04. The number of hydrogen-bond acceptors (Lipinski definition) is 5. The van der Waals surface area contributed by atoms with Gasteiger partial charge in [0.05, 0.1) is 20.8 Å². The largest absolute Gasteiger partial charge is 0.497 e. The van der Waals surface area contributed by atoms with E-state index in [0.29, 0.717) is 16.0 Å². The van der Waals surface area contributed by atoms with E-state index < -0.39 is 23.5 Å². The Bertz CT molecular complexity index is 665. The number of aromatic nitrogens is 3. The zero-order valence-electron chi connectivity index (χ0n) is 11.7. The summed E-state index contributed by atoms with van der Waals surface area (Å²) in [6, 6.07) is 6.42. The third-order valence-corrected chi connectivity index (χ3v) is 2.87. The van der Waals surface area contributed by atoms with Crippen molar-refractivity contribution in [3.05, 3.63) is 41.2 Å². The molecule has 1 heterocycles. The smallest absolute Gasteiger partial charge is 0.435 e. The number of methoxy groups -OCH3 is 2. The molecular weight excluding hydrogens is 303 g/mol. The van der Waals surface area contributed by atoms with Crippen molar-refractivity contribution in [2.45, 2.75) is 12.7 Å². The molecule has 118 valence electrons. The lowest BCUT2D eigenvalue weighted by atomic mass is 10.2. The summed E-state index contributed by atoms with van der Waals surface area (Å²) in [5.41, 5.74) is -1.55. The Morgan fingerprint density at radius 2 is 1.86 bits per heavy atom. The number of carbonyl (C=O) groups excluding carboxylic acids is 1. The summed E-state index contributed by atoms with van der Waals surface area (Å²) in [4.78, 5) is 11.4. The van der Waals surface area contributed by atoms with Crippen molar-refractivity contribution in [2.75, 3.05) is 14.2 Å². The number of ether oxygens (including phenoxy) is 2. The molecule has 22 heavy (non-hydrogen) atoms. The molecule has 6 nitrogen and oxygen atoms in total. The van der Waals surface area contributed by atoms with Gasteiger partial charge in [-0.25, -0.2) is 9.48 Å². The highest BCUT2D eigenvalue weighted by atomic mass is 19.4. The first kappa shape index (κ1) is 15.8. The molecule has 0 unspecified atom stereocenters. The van der Waals surface area contributed by atoms with Crippen LogP contribution in [0, 0.1) is 0 Å². The van der Waals surface area contributed by atoms with E-state index in [0.717, 1.165) is 7.11 Å². The minimum Gasteiger partial charge on any atom is -0.497 e. The van der Waals surface area contributed by atoms with Crippen LogP contribution in [0.15, 0.2) is 24.3 Å². The fraction of sp³-hybridized carbons (Fsp3) is 0.308. The van der Waals surface area contributed by atoms with Gasteiger partial charge in [0.15, 0.2) is 5.69 Å². The molecule has 9 heteroatoms. The predicted molar refractivity (Wildman–Crippen MR) is 68.5 cm³/mol. The summed E-state index contributed by atoms with van der Waals surface area (Å²) in [6.45, 7) is -0.192. The number of benzene rings is 1. The molecular formula is C13H12F3N3O3. The van der Waals surface area contributed by atoms with Crippen LogP contribution in [0.3, 0.4) is 0 Å². The van der Waals surface area contributed by atoms with Gasteiger partial charge in [-0.05, 0) is 17.7 Å². The van der Waals surface area contributed by atoms with Gasteiger partial charge in [0, 0.05) is 0 Å². The molecule has 0 aliphatic carbocycles. The van der Waals surface area contributed by atoms with Gasteiger partial charge in [0.2, 0.25) is 5.69 Å². The molecule has 2 aromatic rings. The first-order chi connectivity index (χ1) is 10.4. The second-order valence-electron chi connectivity index (χ2n) is 4.28. The molecule has 0 aliphatic rings. The molecule has 1 aromatic carbocycles. The van der Waals surface area contributed by atoms with Crippen molar-refractivity contribution in [1.29, 1.82) is 0 Å². The van der Waals surface area contributed by atoms with Gasteiger partial charge in [-0.15, -0.1) is 5.10 Å². The number of alkyl halides is 3. The third-order valence-electron chi connectivity index (χ3n) is 2.87. The molecule has 0 radical (unpaired) electrons. The summed E-state index contributed by atoms with van der Waals surface area (Å²) in [5.74, 6) is -0.609. The Kier molecular flexibility index (Phi) is 4.34. The number of carbonyl (C=O) groups is 1. The minimum atomic E-state index is -4.78. The first-order valence-corrected chi connectivity index (χ1v) is 6.08. The lowest BCUT2D eigenvalue weighted by molar-refractivity contribution is -0.144. The Morgan fingerprint density at radius 3 is 2.36 bits per heavy atom. The van der Waals surface area contributed by atoms with Crippen molar-refractivity contribution >= 4 is 5.97 Å². The molecule has 0 saturated heterocycles. The van der Waals surface area contributed by atoms with Gasteiger partial charge in [-0.1, -0.05) is 17.3 Å². The minimum absolute atomic E-state index is 0.192. The van der Waals surface area contributed by atoms with Crippen LogP contribution < -0.4 is 4.74 Å². The van der Waals surface area contributed by atoms with E-state index in [-0.39, 0.29) is 6.54 Å². The number of hydrogen-bond donors (Lipinski definition) is 0. The van der Waals surface area contributed by atoms with E-state index in [1.807, 2.05) is 0 Å². The molecule has 0 bridgehead atoms. The van der Waals surface area contributed by atoms with Gasteiger partial charge in [-0.2, -0.15) is 13.2 Å². The SMILES string of the molecule is COC(=O)c1nnn(Cc2ccc(OC)cc2)c1C(F)(F)F. The van der Waals surface area contributed by atoms with Crippen molar-refractivity contribution in [3.63, 3.8) is 0 Å². The number of halogens is 3. The van der Waals surface area contributed by atoms with Crippen LogP contribution in [0.2, 0.25) is 0 Å². The number of rotatable bonds is 4. The van der Waals surface area contributed by atoms with Crippen LogP contribution in [0.25, 0.3) is 0 Å². The molecule has 0 fully saturated rings. The molecule has 0 saturated carbocycles. The van der Waals surface area contributed by atoms with E-state index >= 15 is 0 Å². The molecule has 2 rings (SSSR count). The van der Waals surface area contributed by atoms with E-state index in [1.54, 1.807) is 24.3 Å². The first-order valence-electron chi connectivity index (χ1n) is 6.08. The van der Waals surface area contributed by atoms with Crippen molar-refractivity contribution in [3.8, 4) is 5.75 Å².